The molecule has 0 spiro atoms. The van der Waals surface area contributed by atoms with Crippen molar-refractivity contribution in [2.45, 2.75) is 44.6 Å². The van der Waals surface area contributed by atoms with Crippen LogP contribution in [0.15, 0.2) is 18.2 Å². The molecular weight excluding hydrogens is 396 g/mol. The molecule has 1 aromatic rings. The van der Waals surface area contributed by atoms with E-state index in [-0.39, 0.29) is 17.9 Å². The second-order valence-electron chi connectivity index (χ2n) is 8.97. The quantitative estimate of drug-likeness (QED) is 0.665. The molecule has 7 heteroatoms. The normalized spacial score (nSPS) is 20.6. The van der Waals surface area contributed by atoms with Crippen LogP contribution >= 0.6 is 0 Å². The standard InChI is InChI=1S/C24H34N2O5/c1-29-16-17-7-11-26(12-8-17)24(28)21-15-20(30-2)5-6-22(21)31-19-9-13-25(14-10-19)23(27)18-3-4-18/h5-6,15,17-19H,3-4,7-14,16H2,1-2H3. The van der Waals surface area contributed by atoms with Gasteiger partial charge in [0, 0.05) is 58.7 Å². The number of benzene rings is 1. The lowest BCUT2D eigenvalue weighted by molar-refractivity contribution is -0.134. The van der Waals surface area contributed by atoms with Crippen LogP contribution in [0.5, 0.6) is 11.5 Å². The summed E-state index contributed by atoms with van der Waals surface area (Å²) in [4.78, 5) is 29.5. The summed E-state index contributed by atoms with van der Waals surface area (Å²) in [5.41, 5.74) is 0.557. The highest BCUT2D eigenvalue weighted by atomic mass is 16.5. The number of carbonyl (C=O) groups is 2. The highest BCUT2D eigenvalue weighted by Crippen LogP contribution is 2.33. The van der Waals surface area contributed by atoms with E-state index < -0.39 is 0 Å². The molecule has 31 heavy (non-hydrogen) atoms. The molecule has 3 aliphatic rings. The molecule has 1 aliphatic carbocycles. The summed E-state index contributed by atoms with van der Waals surface area (Å²) in [6.07, 6.45) is 5.57. The van der Waals surface area contributed by atoms with Crippen LogP contribution in [0.25, 0.3) is 0 Å². The summed E-state index contributed by atoms with van der Waals surface area (Å²) in [6.45, 7) is 3.66. The van der Waals surface area contributed by atoms with Crippen molar-refractivity contribution >= 4 is 11.8 Å². The lowest BCUT2D eigenvalue weighted by Crippen LogP contribution is -2.42. The van der Waals surface area contributed by atoms with Crippen LogP contribution in [-0.2, 0) is 9.53 Å². The number of likely N-dealkylation sites (tertiary alicyclic amines) is 2. The third-order valence-corrected chi connectivity index (χ3v) is 6.70. The van der Waals surface area contributed by atoms with Gasteiger partial charge in [0.15, 0.2) is 0 Å². The number of nitrogens with zero attached hydrogens (tertiary/aromatic N) is 2. The number of amides is 2. The molecule has 2 amide bonds. The molecule has 0 bridgehead atoms. The van der Waals surface area contributed by atoms with Crippen molar-refractivity contribution in [3.05, 3.63) is 23.8 Å². The van der Waals surface area contributed by atoms with Crippen molar-refractivity contribution in [2.24, 2.45) is 11.8 Å². The lowest BCUT2D eigenvalue weighted by Gasteiger charge is -2.34. The Morgan fingerprint density at radius 2 is 1.61 bits per heavy atom. The maximum absolute atomic E-state index is 13.3. The predicted molar refractivity (Wildman–Crippen MR) is 116 cm³/mol. The van der Waals surface area contributed by atoms with E-state index in [1.807, 2.05) is 21.9 Å². The summed E-state index contributed by atoms with van der Waals surface area (Å²) in [6, 6.07) is 5.46. The molecule has 1 aromatic carbocycles. The molecule has 2 saturated heterocycles. The number of hydrogen-bond donors (Lipinski definition) is 0. The van der Waals surface area contributed by atoms with Gasteiger partial charge in [0.25, 0.3) is 5.91 Å². The van der Waals surface area contributed by atoms with Gasteiger partial charge in [0.1, 0.15) is 17.6 Å². The molecule has 3 fully saturated rings. The van der Waals surface area contributed by atoms with E-state index in [0.717, 1.165) is 71.3 Å². The smallest absolute Gasteiger partial charge is 0.257 e. The molecule has 1 saturated carbocycles. The molecule has 7 nitrogen and oxygen atoms in total. The van der Waals surface area contributed by atoms with Gasteiger partial charge in [-0.15, -0.1) is 0 Å². The van der Waals surface area contributed by atoms with Gasteiger partial charge in [-0.25, -0.2) is 0 Å². The Bertz CT molecular complexity index is 778. The van der Waals surface area contributed by atoms with Crippen LogP contribution in [0.2, 0.25) is 0 Å². The molecular formula is C24H34N2O5. The van der Waals surface area contributed by atoms with Crippen molar-refractivity contribution < 1.29 is 23.8 Å². The number of carbonyl (C=O) groups excluding carboxylic acids is 2. The SMILES string of the molecule is COCC1CCN(C(=O)c2cc(OC)ccc2OC2CCN(C(=O)C3CC3)CC2)CC1. The zero-order valence-corrected chi connectivity index (χ0v) is 18.7. The fourth-order valence-corrected chi connectivity index (χ4v) is 4.58. The average Bonchev–Trinajstić information content (AvgIpc) is 3.65. The van der Waals surface area contributed by atoms with Crippen molar-refractivity contribution in [2.75, 3.05) is 47.0 Å². The molecule has 170 valence electrons. The first-order valence-electron chi connectivity index (χ1n) is 11.5. The minimum atomic E-state index is -0.00823. The number of rotatable bonds is 7. The predicted octanol–water partition coefficient (Wildman–Crippen LogP) is 2.97. The van der Waals surface area contributed by atoms with E-state index in [1.54, 1.807) is 20.3 Å². The van der Waals surface area contributed by atoms with Gasteiger partial charge in [0.2, 0.25) is 5.91 Å². The van der Waals surface area contributed by atoms with E-state index in [1.165, 1.54) is 0 Å². The van der Waals surface area contributed by atoms with Gasteiger partial charge in [-0.05, 0) is 49.8 Å². The first-order valence-corrected chi connectivity index (χ1v) is 11.5. The maximum Gasteiger partial charge on any atom is 0.257 e. The fourth-order valence-electron chi connectivity index (χ4n) is 4.58. The van der Waals surface area contributed by atoms with Gasteiger partial charge in [0.05, 0.1) is 12.7 Å². The Hall–Kier alpha value is -2.28. The van der Waals surface area contributed by atoms with Crippen LogP contribution in [0.4, 0.5) is 0 Å². The summed E-state index contributed by atoms with van der Waals surface area (Å²) < 4.78 is 16.9. The zero-order chi connectivity index (χ0) is 21.8. The molecule has 0 N–H and O–H groups in total. The molecule has 2 aliphatic heterocycles. The average molecular weight is 431 g/mol. The molecule has 0 unspecified atom stereocenters. The lowest BCUT2D eigenvalue weighted by atomic mass is 9.97. The first kappa shape index (κ1) is 21.9. The third-order valence-electron chi connectivity index (χ3n) is 6.70. The minimum Gasteiger partial charge on any atom is -0.497 e. The highest BCUT2D eigenvalue weighted by Gasteiger charge is 2.35. The Morgan fingerprint density at radius 3 is 2.23 bits per heavy atom. The molecule has 4 rings (SSSR count). The zero-order valence-electron chi connectivity index (χ0n) is 18.7. The third kappa shape index (κ3) is 5.32. The van der Waals surface area contributed by atoms with E-state index in [0.29, 0.717) is 28.9 Å². The van der Waals surface area contributed by atoms with Gasteiger partial charge in [-0.1, -0.05) is 0 Å². The van der Waals surface area contributed by atoms with Crippen molar-refractivity contribution in [3.63, 3.8) is 0 Å². The van der Waals surface area contributed by atoms with Crippen LogP contribution < -0.4 is 9.47 Å². The minimum absolute atomic E-state index is 0.00823. The highest BCUT2D eigenvalue weighted by molar-refractivity contribution is 5.97. The van der Waals surface area contributed by atoms with E-state index in [9.17, 15) is 9.59 Å². The molecule has 0 radical (unpaired) electrons. The Morgan fingerprint density at radius 1 is 0.935 bits per heavy atom. The fraction of sp³-hybridized carbons (Fsp3) is 0.667. The van der Waals surface area contributed by atoms with Gasteiger partial charge in [-0.3, -0.25) is 9.59 Å². The summed E-state index contributed by atoms with van der Waals surface area (Å²) in [7, 11) is 3.33. The second kappa shape index (κ2) is 9.90. The van der Waals surface area contributed by atoms with Crippen molar-refractivity contribution in [3.8, 4) is 11.5 Å². The monoisotopic (exact) mass is 430 g/mol. The van der Waals surface area contributed by atoms with Crippen LogP contribution in [0, 0.1) is 11.8 Å². The van der Waals surface area contributed by atoms with Crippen molar-refractivity contribution in [1.29, 1.82) is 0 Å². The van der Waals surface area contributed by atoms with Crippen LogP contribution in [0.1, 0.15) is 48.9 Å². The van der Waals surface area contributed by atoms with Gasteiger partial charge >= 0.3 is 0 Å². The first-order chi connectivity index (χ1) is 15.1. The summed E-state index contributed by atoms with van der Waals surface area (Å²) in [5, 5.41) is 0. The van der Waals surface area contributed by atoms with E-state index >= 15 is 0 Å². The summed E-state index contributed by atoms with van der Waals surface area (Å²) >= 11 is 0. The number of methoxy groups -OCH3 is 2. The maximum atomic E-state index is 13.3. The van der Waals surface area contributed by atoms with E-state index in [2.05, 4.69) is 0 Å². The number of hydrogen-bond acceptors (Lipinski definition) is 5. The topological polar surface area (TPSA) is 68.3 Å². The summed E-state index contributed by atoms with van der Waals surface area (Å²) in [5.74, 6) is 2.32. The van der Waals surface area contributed by atoms with Crippen LogP contribution in [0.3, 0.4) is 0 Å². The number of ether oxygens (including phenoxy) is 3. The van der Waals surface area contributed by atoms with Gasteiger partial charge in [-0.2, -0.15) is 0 Å². The largest absolute Gasteiger partial charge is 0.497 e. The Labute approximate surface area is 184 Å². The van der Waals surface area contributed by atoms with Gasteiger partial charge < -0.3 is 24.0 Å². The number of piperidine rings is 2. The molecule has 0 aromatic heterocycles. The Kier molecular flexibility index (Phi) is 7.00. The van der Waals surface area contributed by atoms with E-state index in [4.69, 9.17) is 14.2 Å². The van der Waals surface area contributed by atoms with Crippen LogP contribution in [-0.4, -0.2) is 74.7 Å². The van der Waals surface area contributed by atoms with Crippen molar-refractivity contribution in [1.82, 2.24) is 9.80 Å². The Balaban J connectivity index is 1.40. The second-order valence-corrected chi connectivity index (χ2v) is 8.97. The molecule has 2 heterocycles. The molecule has 0 atom stereocenters.